The second kappa shape index (κ2) is 5.31. The van der Waals surface area contributed by atoms with Crippen molar-refractivity contribution in [3.05, 3.63) is 40.1 Å². The van der Waals surface area contributed by atoms with E-state index in [0.717, 1.165) is 30.7 Å². The van der Waals surface area contributed by atoms with E-state index >= 15 is 0 Å². The summed E-state index contributed by atoms with van der Waals surface area (Å²) in [6.45, 7) is 5.95. The summed E-state index contributed by atoms with van der Waals surface area (Å²) in [6, 6.07) is 5.52. The van der Waals surface area contributed by atoms with Gasteiger partial charge in [-0.3, -0.25) is 10.1 Å². The van der Waals surface area contributed by atoms with Gasteiger partial charge >= 0.3 is 0 Å². The molecule has 0 saturated carbocycles. The largest absolute Gasteiger partial charge is 0.356 e. The van der Waals surface area contributed by atoms with E-state index in [1.54, 1.807) is 19.2 Å². The van der Waals surface area contributed by atoms with Crippen LogP contribution in [0.25, 0.3) is 10.8 Å². The van der Waals surface area contributed by atoms with Gasteiger partial charge in [0, 0.05) is 30.2 Å². The van der Waals surface area contributed by atoms with Crippen molar-refractivity contribution >= 4 is 22.3 Å². The van der Waals surface area contributed by atoms with E-state index in [0.29, 0.717) is 16.9 Å². The average Bonchev–Trinajstić information content (AvgIpc) is 2.45. The Labute approximate surface area is 123 Å². The third-order valence-corrected chi connectivity index (χ3v) is 4.24. The summed E-state index contributed by atoms with van der Waals surface area (Å²) in [5.41, 5.74) is 0.887. The van der Waals surface area contributed by atoms with Crippen LogP contribution in [0.3, 0.4) is 0 Å². The summed E-state index contributed by atoms with van der Waals surface area (Å²) in [7, 11) is 0. The lowest BCUT2D eigenvalue weighted by molar-refractivity contribution is -0.383. The molecule has 0 N–H and O–H groups in total. The first kappa shape index (κ1) is 13.8. The molecule has 0 radical (unpaired) electrons. The molecule has 0 bridgehead atoms. The van der Waals surface area contributed by atoms with Crippen molar-refractivity contribution in [1.29, 1.82) is 0 Å². The number of anilines is 1. The van der Waals surface area contributed by atoms with Crippen LogP contribution in [-0.2, 0) is 0 Å². The predicted octanol–water partition coefficient (Wildman–Crippen LogP) is 3.69. The molecule has 2 aromatic rings. The Kier molecular flexibility index (Phi) is 3.49. The van der Waals surface area contributed by atoms with Crippen molar-refractivity contribution in [2.75, 3.05) is 18.0 Å². The zero-order valence-corrected chi connectivity index (χ0v) is 12.4. The molecule has 1 atom stereocenters. The van der Waals surface area contributed by atoms with Gasteiger partial charge in [-0.05, 0) is 37.8 Å². The number of aromatic nitrogens is 1. The van der Waals surface area contributed by atoms with Gasteiger partial charge in [-0.25, -0.2) is 4.98 Å². The summed E-state index contributed by atoms with van der Waals surface area (Å²) in [6.07, 6.45) is 4.07. The quantitative estimate of drug-likeness (QED) is 0.623. The minimum Gasteiger partial charge on any atom is -0.356 e. The Bertz CT molecular complexity index is 699. The number of hydrogen-bond donors (Lipinski definition) is 0. The summed E-state index contributed by atoms with van der Waals surface area (Å²) < 4.78 is 0. The highest BCUT2D eigenvalue weighted by atomic mass is 16.6. The first-order valence-corrected chi connectivity index (χ1v) is 7.35. The first-order valence-electron chi connectivity index (χ1n) is 7.35. The van der Waals surface area contributed by atoms with E-state index in [4.69, 9.17) is 0 Å². The van der Waals surface area contributed by atoms with Crippen molar-refractivity contribution in [3.63, 3.8) is 0 Å². The van der Waals surface area contributed by atoms with Gasteiger partial charge < -0.3 is 4.90 Å². The molecule has 5 heteroatoms. The molecule has 21 heavy (non-hydrogen) atoms. The number of aryl methyl sites for hydroxylation is 1. The van der Waals surface area contributed by atoms with Crippen LogP contribution in [0.2, 0.25) is 0 Å². The van der Waals surface area contributed by atoms with Crippen LogP contribution in [-0.4, -0.2) is 23.0 Å². The minimum absolute atomic E-state index is 0.196. The highest BCUT2D eigenvalue weighted by Crippen LogP contribution is 2.34. The number of nitrogens with zero attached hydrogens (tertiary/aromatic N) is 3. The number of nitro benzene ring substituents is 1. The van der Waals surface area contributed by atoms with Crippen LogP contribution in [0.5, 0.6) is 0 Å². The third-order valence-electron chi connectivity index (χ3n) is 4.24. The van der Waals surface area contributed by atoms with Crippen LogP contribution in [0.4, 0.5) is 11.5 Å². The van der Waals surface area contributed by atoms with Gasteiger partial charge in [0.05, 0.1) is 10.3 Å². The van der Waals surface area contributed by atoms with Crippen LogP contribution in [0, 0.1) is 23.0 Å². The molecule has 0 aliphatic carbocycles. The molecular formula is C16H19N3O2. The van der Waals surface area contributed by atoms with Crippen molar-refractivity contribution in [2.24, 2.45) is 5.92 Å². The highest BCUT2D eigenvalue weighted by molar-refractivity contribution is 5.99. The topological polar surface area (TPSA) is 59.3 Å². The summed E-state index contributed by atoms with van der Waals surface area (Å²) in [5.74, 6) is 1.51. The van der Waals surface area contributed by atoms with Crippen LogP contribution < -0.4 is 4.90 Å². The lowest BCUT2D eigenvalue weighted by Gasteiger charge is -2.32. The number of piperidine rings is 1. The lowest BCUT2D eigenvalue weighted by atomic mass is 9.99. The maximum absolute atomic E-state index is 11.3. The number of nitro groups is 1. The minimum atomic E-state index is -0.291. The molecule has 1 aromatic carbocycles. The van der Waals surface area contributed by atoms with E-state index in [1.807, 2.05) is 12.1 Å². The fraction of sp³-hybridized carbons (Fsp3) is 0.438. The Morgan fingerprint density at radius 2 is 2.14 bits per heavy atom. The Hall–Kier alpha value is -2.17. The van der Waals surface area contributed by atoms with Crippen LogP contribution >= 0.6 is 0 Å². The number of fused-ring (bicyclic) bond motifs is 1. The smallest absolute Gasteiger partial charge is 0.280 e. The summed E-state index contributed by atoms with van der Waals surface area (Å²) in [4.78, 5) is 17.8. The molecule has 1 aliphatic rings. The van der Waals surface area contributed by atoms with Gasteiger partial charge in [-0.2, -0.15) is 0 Å². The zero-order valence-electron chi connectivity index (χ0n) is 12.4. The van der Waals surface area contributed by atoms with E-state index < -0.39 is 0 Å². The maximum atomic E-state index is 11.3. The van der Waals surface area contributed by atoms with Crippen LogP contribution in [0.15, 0.2) is 24.4 Å². The fourth-order valence-corrected chi connectivity index (χ4v) is 3.21. The number of rotatable bonds is 2. The van der Waals surface area contributed by atoms with Gasteiger partial charge in [0.25, 0.3) is 5.69 Å². The predicted molar refractivity (Wildman–Crippen MR) is 83.7 cm³/mol. The summed E-state index contributed by atoms with van der Waals surface area (Å²) in [5, 5.41) is 12.9. The first-order chi connectivity index (χ1) is 10.1. The zero-order chi connectivity index (χ0) is 15.0. The highest BCUT2D eigenvalue weighted by Gasteiger charge is 2.22. The Morgan fingerprint density at radius 3 is 2.86 bits per heavy atom. The second-order valence-corrected chi connectivity index (χ2v) is 5.91. The molecule has 0 amide bonds. The monoisotopic (exact) mass is 285 g/mol. The molecule has 1 fully saturated rings. The molecule has 2 heterocycles. The van der Waals surface area contributed by atoms with Gasteiger partial charge in [-0.1, -0.05) is 13.0 Å². The van der Waals surface area contributed by atoms with Gasteiger partial charge in [0.1, 0.15) is 5.82 Å². The average molecular weight is 285 g/mol. The van der Waals surface area contributed by atoms with E-state index in [2.05, 4.69) is 16.8 Å². The van der Waals surface area contributed by atoms with Crippen molar-refractivity contribution in [1.82, 2.24) is 4.98 Å². The molecule has 1 aliphatic heterocycles. The van der Waals surface area contributed by atoms with Gasteiger partial charge in [-0.15, -0.1) is 0 Å². The fourth-order valence-electron chi connectivity index (χ4n) is 3.21. The van der Waals surface area contributed by atoms with E-state index in [-0.39, 0.29) is 10.6 Å². The molecule has 110 valence electrons. The Morgan fingerprint density at radius 1 is 1.33 bits per heavy atom. The molecule has 3 rings (SSSR count). The van der Waals surface area contributed by atoms with Crippen molar-refractivity contribution in [2.45, 2.75) is 26.7 Å². The SMILES string of the molecule is Cc1ccc2c(N3CCCC(C)C3)nccc2c1[N+](=O)[O-]. The van der Waals surface area contributed by atoms with E-state index in [9.17, 15) is 10.1 Å². The summed E-state index contributed by atoms with van der Waals surface area (Å²) >= 11 is 0. The van der Waals surface area contributed by atoms with Gasteiger partial charge in [0.2, 0.25) is 0 Å². The number of benzene rings is 1. The molecule has 1 aromatic heterocycles. The third kappa shape index (κ3) is 2.44. The molecule has 5 nitrogen and oxygen atoms in total. The van der Waals surface area contributed by atoms with Crippen molar-refractivity contribution in [3.8, 4) is 0 Å². The normalized spacial score (nSPS) is 19.0. The molecule has 0 spiro atoms. The number of pyridine rings is 1. The van der Waals surface area contributed by atoms with Gasteiger partial charge in [0.15, 0.2) is 0 Å². The molecule has 1 unspecified atom stereocenters. The Balaban J connectivity index is 2.16. The second-order valence-electron chi connectivity index (χ2n) is 5.91. The molecule has 1 saturated heterocycles. The van der Waals surface area contributed by atoms with E-state index in [1.165, 1.54) is 6.42 Å². The maximum Gasteiger partial charge on any atom is 0.280 e. The van der Waals surface area contributed by atoms with Crippen LogP contribution in [0.1, 0.15) is 25.3 Å². The molecular weight excluding hydrogens is 266 g/mol. The standard InChI is InChI=1S/C16H19N3O2/c1-11-4-3-9-18(10-11)16-14-6-5-12(2)15(19(20)21)13(14)7-8-17-16/h5-8,11H,3-4,9-10H2,1-2H3. The lowest BCUT2D eigenvalue weighted by Crippen LogP contribution is -2.34. The van der Waals surface area contributed by atoms with Crippen molar-refractivity contribution < 1.29 is 4.92 Å². The number of hydrogen-bond acceptors (Lipinski definition) is 4.